The third kappa shape index (κ3) is 7.85. The second-order valence-corrected chi connectivity index (χ2v) is 8.50. The van der Waals surface area contributed by atoms with Gasteiger partial charge in [0.05, 0.1) is 12.2 Å². The molecule has 1 aromatic carbocycles. The average molecular weight is 381 g/mol. The fourth-order valence-electron chi connectivity index (χ4n) is 3.10. The maximum atomic E-state index is 13.8. The minimum Gasteiger partial charge on any atom is -0.491 e. The molecule has 27 heavy (non-hydrogen) atoms. The van der Waals surface area contributed by atoms with E-state index in [1.54, 1.807) is 0 Å². The molecule has 0 aromatic heterocycles. The van der Waals surface area contributed by atoms with E-state index < -0.39 is 11.8 Å². The summed E-state index contributed by atoms with van der Waals surface area (Å²) in [5, 5.41) is 8.84. The van der Waals surface area contributed by atoms with E-state index in [1.807, 2.05) is 0 Å². The van der Waals surface area contributed by atoms with Crippen molar-refractivity contribution in [1.29, 1.82) is 0 Å². The quantitative estimate of drug-likeness (QED) is 0.662. The first-order valence-electron chi connectivity index (χ1n) is 9.85. The first-order chi connectivity index (χ1) is 12.7. The van der Waals surface area contributed by atoms with Crippen molar-refractivity contribution in [2.24, 2.45) is 5.41 Å². The predicted octanol–water partition coefficient (Wildman–Crippen LogP) is 3.74. The number of rotatable bonds is 9. The van der Waals surface area contributed by atoms with Crippen molar-refractivity contribution in [1.82, 2.24) is 9.80 Å². The number of carbonyl (C=O) groups is 1. The second kappa shape index (κ2) is 10.0. The number of unbranched alkanes of at least 4 members (excludes halogenated alkanes) is 1. The second-order valence-electron chi connectivity index (χ2n) is 8.50. The van der Waals surface area contributed by atoms with Gasteiger partial charge in [-0.25, -0.2) is 9.18 Å². The van der Waals surface area contributed by atoms with Crippen LogP contribution >= 0.6 is 0 Å². The third-order valence-corrected chi connectivity index (χ3v) is 4.95. The number of aromatic carboxylic acids is 1. The van der Waals surface area contributed by atoms with E-state index in [2.05, 4.69) is 30.6 Å². The number of piperazine rings is 1. The fraction of sp³-hybridized carbons (Fsp3) is 0.667. The van der Waals surface area contributed by atoms with Crippen LogP contribution in [0.2, 0.25) is 0 Å². The number of halogens is 1. The van der Waals surface area contributed by atoms with Gasteiger partial charge in [0.2, 0.25) is 0 Å². The highest BCUT2D eigenvalue weighted by Gasteiger charge is 2.18. The van der Waals surface area contributed by atoms with E-state index in [1.165, 1.54) is 25.1 Å². The zero-order chi connectivity index (χ0) is 19.9. The molecule has 0 atom stereocenters. The monoisotopic (exact) mass is 380 g/mol. The summed E-state index contributed by atoms with van der Waals surface area (Å²) in [7, 11) is 0. The van der Waals surface area contributed by atoms with Crippen molar-refractivity contribution in [2.75, 3.05) is 45.9 Å². The van der Waals surface area contributed by atoms with Gasteiger partial charge in [0, 0.05) is 26.2 Å². The Morgan fingerprint density at radius 2 is 1.74 bits per heavy atom. The van der Waals surface area contributed by atoms with Crippen molar-refractivity contribution < 1.29 is 19.0 Å². The molecular weight excluding hydrogens is 347 g/mol. The Balaban J connectivity index is 1.58. The van der Waals surface area contributed by atoms with Crippen molar-refractivity contribution in [2.45, 2.75) is 40.0 Å². The molecule has 0 radical (unpaired) electrons. The molecule has 0 amide bonds. The maximum Gasteiger partial charge on any atom is 0.335 e. The van der Waals surface area contributed by atoms with E-state index in [-0.39, 0.29) is 11.3 Å². The number of carboxylic acid groups (broad SMARTS) is 1. The molecule has 1 aliphatic rings. The highest BCUT2D eigenvalue weighted by atomic mass is 19.1. The molecule has 1 N–H and O–H groups in total. The first-order valence-corrected chi connectivity index (χ1v) is 9.85. The molecule has 152 valence electrons. The van der Waals surface area contributed by atoms with Crippen LogP contribution in [0.25, 0.3) is 0 Å². The fourth-order valence-corrected chi connectivity index (χ4v) is 3.10. The molecule has 0 bridgehead atoms. The largest absolute Gasteiger partial charge is 0.491 e. The van der Waals surface area contributed by atoms with Gasteiger partial charge in [-0.15, -0.1) is 0 Å². The molecule has 1 saturated heterocycles. The Kier molecular flexibility index (Phi) is 8.05. The topological polar surface area (TPSA) is 53.0 Å². The van der Waals surface area contributed by atoms with Crippen molar-refractivity contribution in [3.05, 3.63) is 29.6 Å². The van der Waals surface area contributed by atoms with Gasteiger partial charge in [-0.05, 0) is 56.0 Å². The maximum absolute atomic E-state index is 13.8. The molecule has 0 aliphatic carbocycles. The SMILES string of the molecule is CC(C)(C)CCN1CCN(CCCCOc2ccc(C(=O)O)cc2F)CC1. The van der Waals surface area contributed by atoms with Gasteiger partial charge >= 0.3 is 5.97 Å². The Morgan fingerprint density at radius 1 is 1.11 bits per heavy atom. The van der Waals surface area contributed by atoms with Crippen LogP contribution in [0, 0.1) is 11.2 Å². The Labute approximate surface area is 162 Å². The Bertz CT molecular complexity index is 608. The Hall–Kier alpha value is -1.66. The number of hydrogen-bond donors (Lipinski definition) is 1. The van der Waals surface area contributed by atoms with E-state index in [9.17, 15) is 9.18 Å². The van der Waals surface area contributed by atoms with Crippen LogP contribution in [0.4, 0.5) is 4.39 Å². The van der Waals surface area contributed by atoms with Crippen LogP contribution < -0.4 is 4.74 Å². The van der Waals surface area contributed by atoms with Crippen molar-refractivity contribution in [3.8, 4) is 5.75 Å². The lowest BCUT2D eigenvalue weighted by Gasteiger charge is -2.36. The average Bonchev–Trinajstić information content (AvgIpc) is 2.61. The third-order valence-electron chi connectivity index (χ3n) is 4.95. The van der Waals surface area contributed by atoms with Crippen LogP contribution in [0.3, 0.4) is 0 Å². The van der Waals surface area contributed by atoms with E-state index in [0.717, 1.165) is 51.6 Å². The zero-order valence-electron chi connectivity index (χ0n) is 16.8. The van der Waals surface area contributed by atoms with Gasteiger partial charge < -0.3 is 19.6 Å². The predicted molar refractivity (Wildman–Crippen MR) is 105 cm³/mol. The first kappa shape index (κ1) is 21.6. The summed E-state index contributed by atoms with van der Waals surface area (Å²) >= 11 is 0. The number of benzene rings is 1. The summed E-state index contributed by atoms with van der Waals surface area (Å²) in [6.45, 7) is 14.0. The molecule has 1 aliphatic heterocycles. The van der Waals surface area contributed by atoms with Gasteiger partial charge in [-0.3, -0.25) is 0 Å². The zero-order valence-corrected chi connectivity index (χ0v) is 16.8. The lowest BCUT2D eigenvalue weighted by molar-refractivity contribution is 0.0696. The highest BCUT2D eigenvalue weighted by molar-refractivity contribution is 5.87. The lowest BCUT2D eigenvalue weighted by Crippen LogP contribution is -2.47. The summed E-state index contributed by atoms with van der Waals surface area (Å²) in [4.78, 5) is 15.8. The van der Waals surface area contributed by atoms with E-state index in [4.69, 9.17) is 9.84 Å². The normalized spacial score (nSPS) is 16.4. The Morgan fingerprint density at radius 3 is 2.30 bits per heavy atom. The van der Waals surface area contributed by atoms with Gasteiger partial charge in [-0.1, -0.05) is 20.8 Å². The molecule has 5 nitrogen and oxygen atoms in total. The number of ether oxygens (including phenoxy) is 1. The van der Waals surface area contributed by atoms with Gasteiger partial charge in [-0.2, -0.15) is 0 Å². The summed E-state index contributed by atoms with van der Waals surface area (Å²) in [5.74, 6) is -1.65. The smallest absolute Gasteiger partial charge is 0.335 e. The molecule has 0 spiro atoms. The summed E-state index contributed by atoms with van der Waals surface area (Å²) in [5.41, 5.74) is 0.325. The molecule has 1 heterocycles. The molecule has 1 aromatic rings. The molecule has 0 saturated carbocycles. The minimum atomic E-state index is -1.14. The molecule has 2 rings (SSSR count). The number of carboxylic acids is 1. The number of hydrogen-bond acceptors (Lipinski definition) is 4. The standard InChI is InChI=1S/C21H33FN2O3/c1-21(2,3)8-10-24-13-11-23(12-14-24)9-4-5-15-27-19-7-6-17(20(25)26)16-18(19)22/h6-7,16H,4-5,8-15H2,1-3H3,(H,25,26). The summed E-state index contributed by atoms with van der Waals surface area (Å²) < 4.78 is 19.2. The van der Waals surface area contributed by atoms with Crippen molar-refractivity contribution in [3.63, 3.8) is 0 Å². The molecule has 0 unspecified atom stereocenters. The summed E-state index contributed by atoms with van der Waals surface area (Å²) in [6.07, 6.45) is 3.09. The minimum absolute atomic E-state index is 0.0681. The van der Waals surface area contributed by atoms with Gasteiger partial charge in [0.1, 0.15) is 0 Å². The lowest BCUT2D eigenvalue weighted by atomic mass is 9.92. The van der Waals surface area contributed by atoms with Crippen LogP contribution in [-0.2, 0) is 0 Å². The molecule has 6 heteroatoms. The van der Waals surface area contributed by atoms with Crippen LogP contribution in [0.1, 0.15) is 50.4 Å². The van der Waals surface area contributed by atoms with Crippen LogP contribution in [0.15, 0.2) is 18.2 Å². The number of nitrogens with zero attached hydrogens (tertiary/aromatic N) is 2. The van der Waals surface area contributed by atoms with E-state index >= 15 is 0 Å². The molecular formula is C21H33FN2O3. The van der Waals surface area contributed by atoms with Gasteiger partial charge in [0.25, 0.3) is 0 Å². The van der Waals surface area contributed by atoms with Crippen LogP contribution in [0.5, 0.6) is 5.75 Å². The van der Waals surface area contributed by atoms with E-state index in [0.29, 0.717) is 12.0 Å². The highest BCUT2D eigenvalue weighted by Crippen LogP contribution is 2.20. The molecule has 1 fully saturated rings. The van der Waals surface area contributed by atoms with Gasteiger partial charge in [0.15, 0.2) is 11.6 Å². The summed E-state index contributed by atoms with van der Waals surface area (Å²) in [6, 6.07) is 3.74. The van der Waals surface area contributed by atoms with Crippen molar-refractivity contribution >= 4 is 5.97 Å². The van der Waals surface area contributed by atoms with Crippen LogP contribution in [-0.4, -0.2) is 66.8 Å².